The zero-order valence-corrected chi connectivity index (χ0v) is 23.9. The van der Waals surface area contributed by atoms with Gasteiger partial charge in [-0.15, -0.1) is 0 Å². The van der Waals surface area contributed by atoms with Crippen molar-refractivity contribution in [1.82, 2.24) is 19.7 Å². The van der Waals surface area contributed by atoms with Gasteiger partial charge in [-0.05, 0) is 63.4 Å². The van der Waals surface area contributed by atoms with Crippen molar-refractivity contribution in [3.63, 3.8) is 0 Å². The zero-order valence-electron chi connectivity index (χ0n) is 24.9. The lowest BCUT2D eigenvalue weighted by molar-refractivity contribution is -0.143. The van der Waals surface area contributed by atoms with Gasteiger partial charge in [-0.3, -0.25) is 9.59 Å². The Kier molecular flexibility index (Phi) is 7.37. The minimum absolute atomic E-state index is 0.130. The molecule has 0 bridgehead atoms. The Morgan fingerprint density at radius 1 is 1.10 bits per heavy atom. The number of methoxy groups -OCH3 is 1. The molecule has 0 radical (unpaired) electrons. The topological polar surface area (TPSA) is 136 Å². The van der Waals surface area contributed by atoms with Gasteiger partial charge in [0.05, 0.1) is 30.3 Å². The molecule has 1 aliphatic heterocycles. The number of likely N-dealkylation sites (tertiary alicyclic amines) is 1. The minimum Gasteiger partial charge on any atom is -0.497 e. The summed E-state index contributed by atoms with van der Waals surface area (Å²) in [6, 6.07) is 9.94. The summed E-state index contributed by atoms with van der Waals surface area (Å²) in [5.74, 6) is 0.407. The van der Waals surface area contributed by atoms with Crippen LogP contribution in [0.4, 0.5) is 10.6 Å². The second-order valence-electron chi connectivity index (χ2n) is 11.8. The molecule has 11 heteroatoms. The third kappa shape index (κ3) is 5.76. The second kappa shape index (κ2) is 11.1. The molecule has 218 valence electrons. The first kappa shape index (κ1) is 27.2. The lowest BCUT2D eigenvalue weighted by Gasteiger charge is -2.40. The summed E-state index contributed by atoms with van der Waals surface area (Å²) in [7, 11) is 1.60. The van der Waals surface area contributed by atoms with Gasteiger partial charge >= 0.3 is 6.09 Å². The number of ether oxygens (including phenoxy) is 2. The van der Waals surface area contributed by atoms with Crippen LogP contribution in [0.1, 0.15) is 64.9 Å². The van der Waals surface area contributed by atoms with Crippen molar-refractivity contribution < 1.29 is 29.0 Å². The molecule has 0 unspecified atom stereocenters. The number of aromatic nitrogens is 3. The lowest BCUT2D eigenvalue weighted by atomic mass is 9.68. The largest absolute Gasteiger partial charge is 0.497 e. The maximum atomic E-state index is 14.4. The Bertz CT molecular complexity index is 1460. The molecule has 2 aliphatic rings. The van der Waals surface area contributed by atoms with Gasteiger partial charge in [-0.25, -0.2) is 9.78 Å². The summed E-state index contributed by atoms with van der Waals surface area (Å²) in [5, 5.41) is 11.8. The van der Waals surface area contributed by atoms with Gasteiger partial charge in [0.15, 0.2) is 0 Å². The molecule has 1 aliphatic carbocycles. The molecule has 1 saturated heterocycles. The highest BCUT2D eigenvalue weighted by atomic mass is 16.6. The average Bonchev–Trinajstić information content (AvgIpc) is 3.61. The van der Waals surface area contributed by atoms with Crippen LogP contribution in [0.3, 0.4) is 0 Å². The van der Waals surface area contributed by atoms with Crippen molar-refractivity contribution in [2.45, 2.75) is 82.5 Å². The standard InChI is InChI=1S/C30H37N5O6/c1-29(2,3)41-28(39)35-23-12-13-25(32-22(23)17-31-35)33-26(37)24-16-20(36)18-34(24)27(38)30(14-6-5-7-15-30)19-8-10-21(40-4)11-9-19/h8-13,17,20,24,36H,5-7,14-16,18H2,1-4H3,(H,32,33,37)/t20-,24-/m0/s1/i36D. The number of hydrogen-bond donors (Lipinski definition) is 2. The molecule has 2 fully saturated rings. The summed E-state index contributed by atoms with van der Waals surface area (Å²) >= 11 is 0. The fraction of sp³-hybridized carbons (Fsp3) is 0.500. The number of carbonyl (C=O) groups is 3. The van der Waals surface area contributed by atoms with Gasteiger partial charge in [0.1, 0.15) is 28.7 Å². The molecule has 41 heavy (non-hydrogen) atoms. The van der Waals surface area contributed by atoms with Gasteiger partial charge in [-0.2, -0.15) is 9.78 Å². The first-order valence-corrected chi connectivity index (χ1v) is 14.0. The first-order valence-electron chi connectivity index (χ1n) is 14.4. The summed E-state index contributed by atoms with van der Waals surface area (Å²) in [4.78, 5) is 46.6. The highest BCUT2D eigenvalue weighted by molar-refractivity contribution is 6.00. The van der Waals surface area contributed by atoms with Gasteiger partial charge in [-0.1, -0.05) is 31.4 Å². The van der Waals surface area contributed by atoms with E-state index >= 15 is 0 Å². The van der Waals surface area contributed by atoms with E-state index in [9.17, 15) is 14.4 Å². The number of rotatable bonds is 6. The van der Waals surface area contributed by atoms with E-state index in [1.807, 2.05) is 24.3 Å². The second-order valence-corrected chi connectivity index (χ2v) is 11.8. The predicted octanol–water partition coefficient (Wildman–Crippen LogP) is 4.03. The molecule has 5 rings (SSSR count). The van der Waals surface area contributed by atoms with Crippen molar-refractivity contribution in [3.8, 4) is 5.75 Å². The van der Waals surface area contributed by atoms with E-state index in [1.165, 1.54) is 6.20 Å². The fourth-order valence-corrected chi connectivity index (χ4v) is 5.88. The van der Waals surface area contributed by atoms with Crippen LogP contribution in [0.15, 0.2) is 42.6 Å². The van der Waals surface area contributed by atoms with Crippen molar-refractivity contribution >= 4 is 34.8 Å². The highest BCUT2D eigenvalue weighted by Gasteiger charge is 2.49. The lowest BCUT2D eigenvalue weighted by Crippen LogP contribution is -2.52. The van der Waals surface area contributed by atoms with Crippen LogP contribution in [0.5, 0.6) is 5.75 Å². The number of nitrogens with one attached hydrogen (secondary N) is 1. The van der Waals surface area contributed by atoms with E-state index in [2.05, 4.69) is 15.4 Å². The molecule has 2 amide bonds. The van der Waals surface area contributed by atoms with E-state index in [4.69, 9.17) is 16.0 Å². The maximum absolute atomic E-state index is 14.4. The van der Waals surface area contributed by atoms with Crippen molar-refractivity contribution in [2.24, 2.45) is 0 Å². The normalized spacial score (nSPS) is 20.9. The van der Waals surface area contributed by atoms with E-state index in [1.54, 1.807) is 44.9 Å². The van der Waals surface area contributed by atoms with Crippen LogP contribution in [-0.4, -0.2) is 75.5 Å². The van der Waals surface area contributed by atoms with Crippen molar-refractivity contribution in [1.29, 1.82) is 1.43 Å². The van der Waals surface area contributed by atoms with Crippen LogP contribution >= 0.6 is 0 Å². The Balaban J connectivity index is 1.38. The first-order chi connectivity index (χ1) is 20.0. The van der Waals surface area contributed by atoms with Crippen LogP contribution in [0.25, 0.3) is 11.0 Å². The monoisotopic (exact) mass is 564 g/mol. The Morgan fingerprint density at radius 3 is 2.49 bits per heavy atom. The summed E-state index contributed by atoms with van der Waals surface area (Å²) in [6.07, 6.45) is 4.60. The molecule has 2 aromatic heterocycles. The molecule has 3 heterocycles. The molecule has 2 N–H and O–H groups in total. The van der Waals surface area contributed by atoms with Crippen LogP contribution < -0.4 is 10.1 Å². The Labute approximate surface area is 240 Å². The molecule has 1 aromatic carbocycles. The number of carbonyl (C=O) groups excluding carboxylic acids is 3. The molecule has 0 spiro atoms. The molecule has 2 atom stereocenters. The Hall–Kier alpha value is -3.99. The van der Waals surface area contributed by atoms with Crippen molar-refractivity contribution in [2.75, 3.05) is 19.0 Å². The van der Waals surface area contributed by atoms with E-state index in [0.29, 0.717) is 29.6 Å². The van der Waals surface area contributed by atoms with E-state index in [0.717, 1.165) is 29.5 Å². The highest BCUT2D eigenvalue weighted by Crippen LogP contribution is 2.43. The van der Waals surface area contributed by atoms with Crippen LogP contribution in [0, 0.1) is 0 Å². The Morgan fingerprint density at radius 2 is 1.83 bits per heavy atom. The van der Waals surface area contributed by atoms with Gasteiger partial charge in [0.25, 0.3) is 0 Å². The molecular weight excluding hydrogens is 526 g/mol. The average molecular weight is 565 g/mol. The maximum Gasteiger partial charge on any atom is 0.435 e. The quantitative estimate of drug-likeness (QED) is 0.458. The number of amides is 2. The number of pyridine rings is 1. The van der Waals surface area contributed by atoms with Gasteiger partial charge in [0, 0.05) is 13.0 Å². The fourth-order valence-electron chi connectivity index (χ4n) is 5.88. The number of fused-ring (bicyclic) bond motifs is 1. The third-order valence-electron chi connectivity index (χ3n) is 7.83. The molecule has 3 aromatic rings. The number of anilines is 1. The van der Waals surface area contributed by atoms with Crippen molar-refractivity contribution in [3.05, 3.63) is 48.2 Å². The van der Waals surface area contributed by atoms with Crippen LogP contribution in [-0.2, 0) is 19.7 Å². The number of aliphatic hydroxyl groups is 1. The number of nitrogens with zero attached hydrogens (tertiary/aromatic N) is 4. The van der Waals surface area contributed by atoms with E-state index < -0.39 is 35.2 Å². The number of β-amino-alcohol motifs (C(OH)–C–C–N with tert-alkyl or cyclic N) is 1. The minimum atomic E-state index is -0.841. The molecule has 1 saturated carbocycles. The SMILES string of the molecule is [2H]O[C@H]1C[C@@H](C(=O)Nc2ccc3c(cnn3C(=O)OC(C)(C)C)n2)N(C(=O)C2(c3ccc(OC)cc3)CCCCC2)C1. The molecular formula is C30H37N5O6. The number of benzene rings is 1. The zero-order chi connectivity index (χ0) is 30.1. The summed E-state index contributed by atoms with van der Waals surface area (Å²) in [6.45, 7) is 5.45. The third-order valence-corrected chi connectivity index (χ3v) is 7.83. The van der Waals surface area contributed by atoms with Gasteiger partial charge < -0.3 is 24.8 Å². The molecule has 11 nitrogen and oxygen atoms in total. The number of aliphatic hydroxyl groups excluding tert-OH is 1. The smallest absolute Gasteiger partial charge is 0.435 e. The van der Waals surface area contributed by atoms with Crippen LogP contribution in [0.2, 0.25) is 0 Å². The van der Waals surface area contributed by atoms with E-state index in [-0.39, 0.29) is 24.7 Å². The summed E-state index contributed by atoms with van der Waals surface area (Å²) < 4.78 is 19.4. The van der Waals surface area contributed by atoms with Gasteiger partial charge in [0.2, 0.25) is 13.2 Å². The number of hydrogen-bond acceptors (Lipinski definition) is 8. The predicted molar refractivity (Wildman–Crippen MR) is 152 cm³/mol. The summed E-state index contributed by atoms with van der Waals surface area (Å²) in [5.41, 5.74) is 0.266.